The molecule has 0 aromatic carbocycles. The largest absolute Gasteiger partial charge is 0.356 e. The molecule has 1 unspecified atom stereocenters. The Morgan fingerprint density at radius 2 is 1.05 bits per heavy atom. The molecule has 0 heterocycles. The van der Waals surface area contributed by atoms with Gasteiger partial charge in [0.05, 0.1) is 0 Å². The van der Waals surface area contributed by atoms with Gasteiger partial charge in [-0.15, -0.1) is 0 Å². The van der Waals surface area contributed by atoms with Crippen molar-refractivity contribution in [1.82, 2.24) is 5.32 Å². The lowest BCUT2D eigenvalue weighted by molar-refractivity contribution is -0.110. The molecule has 0 fully saturated rings. The van der Waals surface area contributed by atoms with E-state index in [2.05, 4.69) is 19.2 Å². The van der Waals surface area contributed by atoms with Crippen molar-refractivity contribution < 1.29 is 4.79 Å². The molecule has 2 heteroatoms. The minimum atomic E-state index is 0.347. The summed E-state index contributed by atoms with van der Waals surface area (Å²) < 4.78 is 0. The maximum Gasteiger partial charge on any atom is 0.207 e. The topological polar surface area (TPSA) is 29.1 Å². The van der Waals surface area contributed by atoms with E-state index in [0.717, 1.165) is 12.8 Å². The summed E-state index contributed by atoms with van der Waals surface area (Å²) in [5, 5.41) is 2.81. The fraction of sp³-hybridized carbons (Fsp3) is 0.950. The normalized spacial score (nSPS) is 12.3. The van der Waals surface area contributed by atoms with Crippen LogP contribution < -0.4 is 5.32 Å². The Kier molecular flexibility index (Phi) is 18.1. The molecule has 0 radical (unpaired) electrons. The van der Waals surface area contributed by atoms with Crippen molar-refractivity contribution in [1.29, 1.82) is 0 Å². The van der Waals surface area contributed by atoms with Crippen molar-refractivity contribution >= 4 is 6.41 Å². The molecule has 22 heavy (non-hydrogen) atoms. The van der Waals surface area contributed by atoms with E-state index in [1.165, 1.54) is 96.3 Å². The van der Waals surface area contributed by atoms with Crippen LogP contribution in [0.15, 0.2) is 0 Å². The van der Waals surface area contributed by atoms with Crippen molar-refractivity contribution in [2.24, 2.45) is 0 Å². The van der Waals surface area contributed by atoms with E-state index >= 15 is 0 Å². The molecule has 2 nitrogen and oxygen atoms in total. The lowest BCUT2D eigenvalue weighted by Crippen LogP contribution is -2.23. The van der Waals surface area contributed by atoms with Crippen molar-refractivity contribution in [3.63, 3.8) is 0 Å². The summed E-state index contributed by atoms with van der Waals surface area (Å²) in [6.45, 7) is 4.36. The number of rotatable bonds is 18. The van der Waals surface area contributed by atoms with E-state index in [0.29, 0.717) is 6.04 Å². The number of hydrogen-bond donors (Lipinski definition) is 1. The Hall–Kier alpha value is -0.530. The molecule has 1 amide bonds. The van der Waals surface area contributed by atoms with Gasteiger partial charge < -0.3 is 5.32 Å². The monoisotopic (exact) mass is 311 g/mol. The summed E-state index contributed by atoms with van der Waals surface area (Å²) in [4.78, 5) is 10.3. The highest BCUT2D eigenvalue weighted by Gasteiger charge is 1.99. The van der Waals surface area contributed by atoms with Gasteiger partial charge in [0.15, 0.2) is 0 Å². The molecule has 0 aliphatic heterocycles. The van der Waals surface area contributed by atoms with Gasteiger partial charge in [0, 0.05) is 6.04 Å². The fourth-order valence-electron chi connectivity index (χ4n) is 3.02. The van der Waals surface area contributed by atoms with Crippen LogP contribution in [-0.2, 0) is 4.79 Å². The Bertz CT molecular complexity index is 218. The summed E-state index contributed by atoms with van der Waals surface area (Å²) in [6.07, 6.45) is 23.0. The quantitative estimate of drug-likeness (QED) is 0.231. The van der Waals surface area contributed by atoms with Gasteiger partial charge in [0.1, 0.15) is 0 Å². The van der Waals surface area contributed by atoms with E-state index < -0.39 is 0 Å². The van der Waals surface area contributed by atoms with Crippen LogP contribution in [-0.4, -0.2) is 12.5 Å². The van der Waals surface area contributed by atoms with Crippen molar-refractivity contribution in [2.75, 3.05) is 0 Å². The first-order valence-corrected chi connectivity index (χ1v) is 10.0. The van der Waals surface area contributed by atoms with Crippen LogP contribution in [0.5, 0.6) is 0 Å². The predicted molar refractivity (Wildman–Crippen MR) is 98.2 cm³/mol. The number of unbranched alkanes of at least 4 members (excludes halogenated alkanes) is 14. The average Bonchev–Trinajstić information content (AvgIpc) is 2.51. The molecule has 0 saturated heterocycles. The molecule has 0 aromatic rings. The minimum absolute atomic E-state index is 0.347. The van der Waals surface area contributed by atoms with Gasteiger partial charge in [-0.3, -0.25) is 4.79 Å². The number of hydrogen-bond acceptors (Lipinski definition) is 1. The predicted octanol–water partition coefficient (Wildman–Crippen LogP) is 6.38. The molecule has 0 bridgehead atoms. The third kappa shape index (κ3) is 17.5. The van der Waals surface area contributed by atoms with E-state index in [4.69, 9.17) is 0 Å². The van der Waals surface area contributed by atoms with Crippen LogP contribution in [0.3, 0.4) is 0 Å². The number of carbonyl (C=O) groups is 1. The highest BCUT2D eigenvalue weighted by molar-refractivity contribution is 5.46. The second kappa shape index (κ2) is 18.5. The second-order valence-electron chi connectivity index (χ2n) is 6.92. The summed E-state index contributed by atoms with van der Waals surface area (Å²) >= 11 is 0. The summed E-state index contributed by atoms with van der Waals surface area (Å²) in [5.74, 6) is 0. The van der Waals surface area contributed by atoms with Crippen molar-refractivity contribution in [2.45, 2.75) is 123 Å². The van der Waals surface area contributed by atoms with Crippen LogP contribution in [0.2, 0.25) is 0 Å². The van der Waals surface area contributed by atoms with Gasteiger partial charge in [-0.05, 0) is 13.3 Å². The molecule has 1 atom stereocenters. The molecule has 0 aromatic heterocycles. The Labute approximate surface area is 139 Å². The molecular formula is C20H41NO. The van der Waals surface area contributed by atoms with Crippen LogP contribution >= 0.6 is 0 Å². The maximum atomic E-state index is 10.3. The molecule has 0 saturated carbocycles. The first-order chi connectivity index (χ1) is 10.8. The van der Waals surface area contributed by atoms with Crippen LogP contribution in [0, 0.1) is 0 Å². The molecule has 0 aliphatic rings. The van der Waals surface area contributed by atoms with Crippen LogP contribution in [0.1, 0.15) is 117 Å². The minimum Gasteiger partial charge on any atom is -0.356 e. The third-order valence-corrected chi connectivity index (χ3v) is 4.59. The van der Waals surface area contributed by atoms with Gasteiger partial charge >= 0.3 is 0 Å². The van der Waals surface area contributed by atoms with E-state index in [1.807, 2.05) is 0 Å². The molecule has 0 spiro atoms. The van der Waals surface area contributed by atoms with Gasteiger partial charge in [0.25, 0.3) is 0 Å². The fourth-order valence-corrected chi connectivity index (χ4v) is 3.02. The van der Waals surface area contributed by atoms with Gasteiger partial charge in [-0.25, -0.2) is 0 Å². The second-order valence-corrected chi connectivity index (χ2v) is 6.92. The number of carbonyl (C=O) groups excluding carboxylic acids is 1. The van der Waals surface area contributed by atoms with Gasteiger partial charge in [-0.1, -0.05) is 103 Å². The van der Waals surface area contributed by atoms with Crippen LogP contribution in [0.25, 0.3) is 0 Å². The molecular weight excluding hydrogens is 270 g/mol. The first kappa shape index (κ1) is 21.5. The van der Waals surface area contributed by atoms with Gasteiger partial charge in [0.2, 0.25) is 6.41 Å². The highest BCUT2D eigenvalue weighted by Crippen LogP contribution is 2.13. The third-order valence-electron chi connectivity index (χ3n) is 4.59. The Balaban J connectivity index is 3.01. The summed E-state index contributed by atoms with van der Waals surface area (Å²) in [6, 6.07) is 0.347. The zero-order valence-corrected chi connectivity index (χ0v) is 15.4. The lowest BCUT2D eigenvalue weighted by atomic mass is 10.0. The summed E-state index contributed by atoms with van der Waals surface area (Å²) in [5.41, 5.74) is 0. The first-order valence-electron chi connectivity index (χ1n) is 10.0. The van der Waals surface area contributed by atoms with Crippen molar-refractivity contribution in [3.05, 3.63) is 0 Å². The molecule has 0 aliphatic carbocycles. The average molecular weight is 312 g/mol. The SMILES string of the molecule is CCCCCCCCCCCCCCCCCC(C)NC=O. The smallest absolute Gasteiger partial charge is 0.207 e. The number of nitrogens with one attached hydrogen (secondary N) is 1. The molecule has 0 rings (SSSR count). The molecule has 1 N–H and O–H groups in total. The van der Waals surface area contributed by atoms with E-state index in [1.54, 1.807) is 0 Å². The highest BCUT2D eigenvalue weighted by atomic mass is 16.1. The Morgan fingerprint density at radius 1 is 0.682 bits per heavy atom. The standard InChI is InChI=1S/C20H41NO/c1-3-4-5-6-7-8-9-10-11-12-13-14-15-16-17-18-20(2)21-19-22/h19-20H,3-18H2,1-2H3,(H,21,22). The zero-order valence-electron chi connectivity index (χ0n) is 15.4. The lowest BCUT2D eigenvalue weighted by Gasteiger charge is -2.09. The van der Waals surface area contributed by atoms with E-state index in [-0.39, 0.29) is 0 Å². The maximum absolute atomic E-state index is 10.3. The summed E-state index contributed by atoms with van der Waals surface area (Å²) in [7, 11) is 0. The van der Waals surface area contributed by atoms with Gasteiger partial charge in [-0.2, -0.15) is 0 Å². The van der Waals surface area contributed by atoms with E-state index in [9.17, 15) is 4.79 Å². The number of amides is 1. The molecule has 132 valence electrons. The zero-order chi connectivity index (χ0) is 16.3. The van der Waals surface area contributed by atoms with Crippen molar-refractivity contribution in [3.8, 4) is 0 Å². The van der Waals surface area contributed by atoms with Crippen LogP contribution in [0.4, 0.5) is 0 Å². The Morgan fingerprint density at radius 3 is 1.41 bits per heavy atom.